The van der Waals surface area contributed by atoms with Crippen LogP contribution in [-0.2, 0) is 4.79 Å². The fourth-order valence-corrected chi connectivity index (χ4v) is 3.61. The van der Waals surface area contributed by atoms with E-state index in [9.17, 15) is 9.59 Å². The molecular formula is C15H19N3O2. The highest BCUT2D eigenvalue weighted by Crippen LogP contribution is 2.49. The molecule has 2 bridgehead atoms. The number of aromatic nitrogens is 1. The largest absolute Gasteiger partial charge is 0.273 e. The van der Waals surface area contributed by atoms with Gasteiger partial charge in [-0.3, -0.25) is 25.4 Å². The summed E-state index contributed by atoms with van der Waals surface area (Å²) in [7, 11) is 0. The summed E-state index contributed by atoms with van der Waals surface area (Å²) in [6.07, 6.45) is 8.66. The quantitative estimate of drug-likeness (QED) is 0.823. The summed E-state index contributed by atoms with van der Waals surface area (Å²) in [5.41, 5.74) is 5.38. The number of carbonyl (C=O) groups excluding carboxylic acids is 2. The summed E-state index contributed by atoms with van der Waals surface area (Å²) in [6, 6.07) is 3.34. The van der Waals surface area contributed by atoms with Crippen molar-refractivity contribution in [2.24, 2.45) is 17.8 Å². The summed E-state index contributed by atoms with van der Waals surface area (Å²) in [5.74, 6) is 1.63. The zero-order chi connectivity index (χ0) is 13.9. The van der Waals surface area contributed by atoms with Gasteiger partial charge in [-0.25, -0.2) is 0 Å². The molecule has 3 atom stereocenters. The molecule has 20 heavy (non-hydrogen) atoms. The van der Waals surface area contributed by atoms with Crippen molar-refractivity contribution in [2.75, 3.05) is 0 Å². The Hall–Kier alpha value is -1.91. The van der Waals surface area contributed by atoms with Crippen molar-refractivity contribution in [1.29, 1.82) is 0 Å². The second-order valence-electron chi connectivity index (χ2n) is 5.88. The lowest BCUT2D eigenvalue weighted by atomic mass is 9.86. The van der Waals surface area contributed by atoms with Crippen LogP contribution < -0.4 is 10.9 Å². The van der Waals surface area contributed by atoms with E-state index in [0.29, 0.717) is 17.9 Å². The lowest BCUT2D eigenvalue weighted by molar-refractivity contribution is -0.123. The van der Waals surface area contributed by atoms with Crippen molar-refractivity contribution >= 4 is 11.8 Å². The van der Waals surface area contributed by atoms with Gasteiger partial charge in [0.1, 0.15) is 0 Å². The van der Waals surface area contributed by atoms with Gasteiger partial charge in [0.05, 0.1) is 5.56 Å². The van der Waals surface area contributed by atoms with E-state index in [1.165, 1.54) is 31.9 Å². The van der Waals surface area contributed by atoms with Gasteiger partial charge in [-0.1, -0.05) is 6.42 Å². The molecule has 5 heteroatoms. The van der Waals surface area contributed by atoms with E-state index in [4.69, 9.17) is 0 Å². The first-order valence-corrected chi connectivity index (χ1v) is 7.21. The standard InChI is InChI=1S/C15H19N3O2/c19-14(8-13-7-10-3-4-11(13)6-10)17-18-15(20)12-2-1-5-16-9-12/h1-2,5,9-11,13H,3-4,6-8H2,(H,17,19)(H,18,20)/t10-,11-,13-/m0/s1. The molecule has 2 amide bonds. The van der Waals surface area contributed by atoms with Crippen molar-refractivity contribution in [3.05, 3.63) is 30.1 Å². The number of hydrogen-bond donors (Lipinski definition) is 2. The predicted octanol–water partition coefficient (Wildman–Crippen LogP) is 1.67. The highest BCUT2D eigenvalue weighted by atomic mass is 16.2. The van der Waals surface area contributed by atoms with Gasteiger partial charge >= 0.3 is 0 Å². The lowest BCUT2D eigenvalue weighted by Gasteiger charge is -2.20. The van der Waals surface area contributed by atoms with Crippen LogP contribution in [0.25, 0.3) is 0 Å². The van der Waals surface area contributed by atoms with E-state index in [2.05, 4.69) is 15.8 Å². The molecule has 106 valence electrons. The number of nitrogens with one attached hydrogen (secondary N) is 2. The van der Waals surface area contributed by atoms with Gasteiger partial charge in [0.2, 0.25) is 5.91 Å². The van der Waals surface area contributed by atoms with Crippen molar-refractivity contribution in [3.63, 3.8) is 0 Å². The Morgan fingerprint density at radius 3 is 2.80 bits per heavy atom. The van der Waals surface area contributed by atoms with Crippen molar-refractivity contribution in [1.82, 2.24) is 15.8 Å². The number of carbonyl (C=O) groups is 2. The molecule has 3 rings (SSSR count). The molecule has 2 saturated carbocycles. The molecule has 2 aliphatic rings. The zero-order valence-corrected chi connectivity index (χ0v) is 11.3. The van der Waals surface area contributed by atoms with Crippen LogP contribution in [0.3, 0.4) is 0 Å². The molecule has 0 aromatic carbocycles. The van der Waals surface area contributed by atoms with Gasteiger partial charge in [-0.2, -0.15) is 0 Å². The second kappa shape index (κ2) is 5.61. The summed E-state index contributed by atoms with van der Waals surface area (Å²) in [5, 5.41) is 0. The van der Waals surface area contributed by atoms with Crippen LogP contribution in [0, 0.1) is 17.8 Å². The first-order chi connectivity index (χ1) is 9.72. The van der Waals surface area contributed by atoms with Crippen molar-refractivity contribution in [3.8, 4) is 0 Å². The summed E-state index contributed by atoms with van der Waals surface area (Å²) < 4.78 is 0. The normalized spacial score (nSPS) is 27.3. The number of rotatable bonds is 3. The molecule has 1 heterocycles. The number of fused-ring (bicyclic) bond motifs is 2. The molecule has 1 aromatic heterocycles. The van der Waals surface area contributed by atoms with E-state index >= 15 is 0 Å². The lowest BCUT2D eigenvalue weighted by Crippen LogP contribution is -2.42. The molecule has 0 radical (unpaired) electrons. The van der Waals surface area contributed by atoms with E-state index < -0.39 is 0 Å². The van der Waals surface area contributed by atoms with Crippen LogP contribution in [0.1, 0.15) is 42.5 Å². The Morgan fingerprint density at radius 2 is 2.15 bits per heavy atom. The van der Waals surface area contributed by atoms with Gasteiger partial charge in [0, 0.05) is 18.8 Å². The van der Waals surface area contributed by atoms with Crippen LogP contribution in [0.15, 0.2) is 24.5 Å². The number of hydrogen-bond acceptors (Lipinski definition) is 3. The Bertz CT molecular complexity index is 503. The van der Waals surface area contributed by atoms with Gasteiger partial charge in [-0.15, -0.1) is 0 Å². The van der Waals surface area contributed by atoms with Crippen LogP contribution in [0.2, 0.25) is 0 Å². The number of hydrazine groups is 1. The smallest absolute Gasteiger partial charge is 0.271 e. The molecule has 0 unspecified atom stereocenters. The van der Waals surface area contributed by atoms with E-state index in [1.807, 2.05) is 0 Å². The predicted molar refractivity (Wildman–Crippen MR) is 73.4 cm³/mol. The summed E-state index contributed by atoms with van der Waals surface area (Å²) in [6.45, 7) is 0. The maximum absolute atomic E-state index is 11.9. The second-order valence-corrected chi connectivity index (χ2v) is 5.88. The highest BCUT2D eigenvalue weighted by molar-refractivity contribution is 5.95. The first kappa shape index (κ1) is 13.1. The minimum Gasteiger partial charge on any atom is -0.273 e. The average molecular weight is 273 g/mol. The van der Waals surface area contributed by atoms with Gasteiger partial charge in [0.25, 0.3) is 5.91 Å². The summed E-state index contributed by atoms with van der Waals surface area (Å²) >= 11 is 0. The molecule has 2 N–H and O–H groups in total. The number of nitrogens with zero attached hydrogens (tertiary/aromatic N) is 1. The third-order valence-corrected chi connectivity index (χ3v) is 4.57. The number of amides is 2. The van der Waals surface area contributed by atoms with E-state index in [1.54, 1.807) is 18.3 Å². The Balaban J connectivity index is 1.44. The molecule has 0 spiro atoms. The molecule has 0 aliphatic heterocycles. The summed E-state index contributed by atoms with van der Waals surface area (Å²) in [4.78, 5) is 27.5. The third kappa shape index (κ3) is 2.81. The third-order valence-electron chi connectivity index (χ3n) is 4.57. The molecule has 2 aliphatic carbocycles. The minimum absolute atomic E-state index is 0.0974. The first-order valence-electron chi connectivity index (χ1n) is 7.21. The monoisotopic (exact) mass is 273 g/mol. The highest BCUT2D eigenvalue weighted by Gasteiger charge is 2.40. The van der Waals surface area contributed by atoms with Gasteiger partial charge < -0.3 is 0 Å². The molecule has 1 aromatic rings. The Kier molecular flexibility index (Phi) is 3.67. The Labute approximate surface area is 118 Å². The van der Waals surface area contributed by atoms with Crippen LogP contribution in [-0.4, -0.2) is 16.8 Å². The SMILES string of the molecule is O=C(C[C@@H]1C[C@H]2CC[C@H]1C2)NNC(=O)c1cccnc1. The maximum Gasteiger partial charge on any atom is 0.271 e. The van der Waals surface area contributed by atoms with Gasteiger partial charge in [0.15, 0.2) is 0 Å². The molecule has 2 fully saturated rings. The van der Waals surface area contributed by atoms with Crippen LogP contribution in [0.5, 0.6) is 0 Å². The van der Waals surface area contributed by atoms with Gasteiger partial charge in [-0.05, 0) is 49.1 Å². The van der Waals surface area contributed by atoms with E-state index in [0.717, 1.165) is 11.8 Å². The average Bonchev–Trinajstić information content (AvgIpc) is 3.08. The van der Waals surface area contributed by atoms with Crippen molar-refractivity contribution in [2.45, 2.75) is 32.1 Å². The van der Waals surface area contributed by atoms with Crippen LogP contribution in [0.4, 0.5) is 0 Å². The fraction of sp³-hybridized carbons (Fsp3) is 0.533. The number of pyridine rings is 1. The minimum atomic E-state index is -0.334. The topological polar surface area (TPSA) is 71.1 Å². The molecule has 5 nitrogen and oxygen atoms in total. The maximum atomic E-state index is 11.9. The van der Waals surface area contributed by atoms with Crippen LogP contribution >= 0.6 is 0 Å². The van der Waals surface area contributed by atoms with Crippen molar-refractivity contribution < 1.29 is 9.59 Å². The van der Waals surface area contributed by atoms with E-state index in [-0.39, 0.29) is 11.8 Å². The zero-order valence-electron chi connectivity index (χ0n) is 11.3. The molecule has 0 saturated heterocycles. The molecular weight excluding hydrogens is 254 g/mol. The Morgan fingerprint density at radius 1 is 1.25 bits per heavy atom. The fourth-order valence-electron chi connectivity index (χ4n) is 3.61.